The summed E-state index contributed by atoms with van der Waals surface area (Å²) < 4.78 is 11.4. The maximum atomic E-state index is 12.3. The summed E-state index contributed by atoms with van der Waals surface area (Å²) in [4.78, 5) is 14.2. The van der Waals surface area contributed by atoms with Gasteiger partial charge in [0.25, 0.3) is 5.91 Å². The number of rotatable bonds is 1. The quantitative estimate of drug-likeness (QED) is 0.847. The molecule has 1 aromatic rings. The Bertz CT molecular complexity index is 486. The summed E-state index contributed by atoms with van der Waals surface area (Å²) in [5.41, 5.74) is 0.632. The minimum atomic E-state index is 0.0375. The van der Waals surface area contributed by atoms with Crippen LogP contribution < -0.4 is 14.8 Å². The Labute approximate surface area is 113 Å². The topological polar surface area (TPSA) is 50.8 Å². The van der Waals surface area contributed by atoms with Crippen LogP contribution in [0.2, 0.25) is 0 Å². The van der Waals surface area contributed by atoms with Crippen LogP contribution in [0.15, 0.2) is 16.6 Å². The number of hydrogen-bond donors (Lipinski definition) is 1. The highest BCUT2D eigenvalue weighted by Crippen LogP contribution is 2.40. The zero-order valence-electron chi connectivity index (χ0n) is 9.74. The number of nitrogens with zero attached hydrogens (tertiary/aromatic N) is 1. The number of carbonyl (C=O) groups is 1. The molecular weight excluding hydrogens is 300 g/mol. The first-order chi connectivity index (χ1) is 8.75. The molecule has 1 N–H and O–H groups in total. The van der Waals surface area contributed by atoms with Crippen molar-refractivity contribution in [3.05, 3.63) is 22.2 Å². The number of nitrogens with one attached hydrogen (secondary N) is 1. The van der Waals surface area contributed by atoms with Crippen molar-refractivity contribution in [3.8, 4) is 11.5 Å². The molecular formula is C12H13BrN2O3. The van der Waals surface area contributed by atoms with Crippen molar-refractivity contribution in [3.63, 3.8) is 0 Å². The van der Waals surface area contributed by atoms with Crippen molar-refractivity contribution in [1.29, 1.82) is 0 Å². The molecule has 1 aromatic carbocycles. The largest absolute Gasteiger partial charge is 0.454 e. The van der Waals surface area contributed by atoms with Crippen LogP contribution in [0.25, 0.3) is 0 Å². The van der Waals surface area contributed by atoms with E-state index < -0.39 is 0 Å². The SMILES string of the molecule is O=C(c1cc(Br)c2c(c1)OCO2)N1CCNCC1. The lowest BCUT2D eigenvalue weighted by atomic mass is 10.1. The van der Waals surface area contributed by atoms with Gasteiger partial charge in [0.1, 0.15) is 0 Å². The molecule has 0 bridgehead atoms. The van der Waals surface area contributed by atoms with Gasteiger partial charge in [-0.05, 0) is 28.1 Å². The number of hydrogen-bond acceptors (Lipinski definition) is 4. The second-order valence-electron chi connectivity index (χ2n) is 4.23. The standard InChI is InChI=1S/C12H13BrN2O3/c13-9-5-8(6-10-11(9)18-7-17-10)12(16)15-3-1-14-2-4-15/h5-6,14H,1-4,7H2. The van der Waals surface area contributed by atoms with Gasteiger partial charge in [-0.25, -0.2) is 0 Å². The summed E-state index contributed by atoms with van der Waals surface area (Å²) in [5.74, 6) is 1.34. The molecule has 2 aliphatic heterocycles. The number of halogens is 1. The van der Waals surface area contributed by atoms with Crippen LogP contribution in [-0.4, -0.2) is 43.8 Å². The van der Waals surface area contributed by atoms with Crippen LogP contribution in [0.4, 0.5) is 0 Å². The van der Waals surface area contributed by atoms with Gasteiger partial charge in [0.15, 0.2) is 11.5 Å². The predicted octanol–water partition coefficient (Wildman–Crippen LogP) is 1.22. The van der Waals surface area contributed by atoms with Gasteiger partial charge in [0.05, 0.1) is 4.47 Å². The summed E-state index contributed by atoms with van der Waals surface area (Å²) in [6.07, 6.45) is 0. The van der Waals surface area contributed by atoms with Crippen LogP contribution in [0, 0.1) is 0 Å². The molecule has 5 nitrogen and oxygen atoms in total. The Kier molecular flexibility index (Phi) is 3.13. The number of ether oxygens (including phenoxy) is 2. The maximum Gasteiger partial charge on any atom is 0.254 e. The summed E-state index contributed by atoms with van der Waals surface area (Å²) >= 11 is 3.40. The molecule has 2 heterocycles. The fourth-order valence-corrected chi connectivity index (χ4v) is 2.70. The van der Waals surface area contributed by atoms with Crippen LogP contribution in [0.1, 0.15) is 10.4 Å². The molecule has 96 valence electrons. The summed E-state index contributed by atoms with van der Waals surface area (Å²) in [5, 5.41) is 3.23. The van der Waals surface area contributed by atoms with Crippen molar-refractivity contribution in [1.82, 2.24) is 10.2 Å². The molecule has 0 saturated carbocycles. The Morgan fingerprint density at radius 2 is 2.06 bits per heavy atom. The highest BCUT2D eigenvalue weighted by Gasteiger charge is 2.23. The lowest BCUT2D eigenvalue weighted by molar-refractivity contribution is 0.0735. The molecule has 0 atom stereocenters. The second kappa shape index (κ2) is 4.78. The molecule has 0 spiro atoms. The average molecular weight is 313 g/mol. The van der Waals surface area contributed by atoms with Gasteiger partial charge < -0.3 is 19.7 Å². The van der Waals surface area contributed by atoms with E-state index in [1.54, 1.807) is 12.1 Å². The van der Waals surface area contributed by atoms with Gasteiger partial charge in [-0.15, -0.1) is 0 Å². The fourth-order valence-electron chi connectivity index (χ4n) is 2.14. The molecule has 6 heteroatoms. The van der Waals surface area contributed by atoms with Crippen LogP contribution in [0.3, 0.4) is 0 Å². The lowest BCUT2D eigenvalue weighted by Crippen LogP contribution is -2.46. The average Bonchev–Trinajstić information content (AvgIpc) is 2.88. The number of piperazine rings is 1. The van der Waals surface area contributed by atoms with E-state index in [2.05, 4.69) is 21.2 Å². The summed E-state index contributed by atoms with van der Waals surface area (Å²) in [6.45, 7) is 3.38. The normalized spacial score (nSPS) is 17.9. The lowest BCUT2D eigenvalue weighted by Gasteiger charge is -2.27. The minimum absolute atomic E-state index is 0.0375. The highest BCUT2D eigenvalue weighted by atomic mass is 79.9. The first kappa shape index (κ1) is 11.8. The van der Waals surface area contributed by atoms with Gasteiger partial charge in [-0.1, -0.05) is 0 Å². The summed E-state index contributed by atoms with van der Waals surface area (Å²) in [6, 6.07) is 3.54. The first-order valence-electron chi connectivity index (χ1n) is 5.85. The molecule has 1 saturated heterocycles. The van der Waals surface area contributed by atoms with Crippen LogP contribution in [0.5, 0.6) is 11.5 Å². The number of amides is 1. The van der Waals surface area contributed by atoms with Crippen LogP contribution >= 0.6 is 15.9 Å². The van der Waals surface area contributed by atoms with Crippen molar-refractivity contribution in [2.24, 2.45) is 0 Å². The first-order valence-corrected chi connectivity index (χ1v) is 6.64. The predicted molar refractivity (Wildman–Crippen MR) is 69.0 cm³/mol. The van der Waals surface area contributed by atoms with E-state index in [0.29, 0.717) is 17.1 Å². The smallest absolute Gasteiger partial charge is 0.254 e. The Morgan fingerprint density at radius 1 is 1.28 bits per heavy atom. The van der Waals surface area contributed by atoms with Gasteiger partial charge in [-0.2, -0.15) is 0 Å². The number of benzene rings is 1. The highest BCUT2D eigenvalue weighted by molar-refractivity contribution is 9.10. The van der Waals surface area contributed by atoms with Crippen molar-refractivity contribution < 1.29 is 14.3 Å². The van der Waals surface area contributed by atoms with Gasteiger partial charge in [0.2, 0.25) is 6.79 Å². The van der Waals surface area contributed by atoms with Crippen molar-refractivity contribution in [2.45, 2.75) is 0 Å². The second-order valence-corrected chi connectivity index (χ2v) is 5.09. The van der Waals surface area contributed by atoms with Crippen LogP contribution in [-0.2, 0) is 0 Å². The van der Waals surface area contributed by atoms with E-state index >= 15 is 0 Å². The zero-order valence-corrected chi connectivity index (χ0v) is 11.3. The van der Waals surface area contributed by atoms with Gasteiger partial charge in [-0.3, -0.25) is 4.79 Å². The minimum Gasteiger partial charge on any atom is -0.454 e. The van der Waals surface area contributed by atoms with E-state index in [9.17, 15) is 4.79 Å². The van der Waals surface area contributed by atoms with Gasteiger partial charge in [0, 0.05) is 31.7 Å². The third kappa shape index (κ3) is 2.06. The molecule has 0 aliphatic carbocycles. The van der Waals surface area contributed by atoms with E-state index in [1.807, 2.05) is 4.90 Å². The van der Waals surface area contributed by atoms with E-state index in [0.717, 1.165) is 30.7 Å². The molecule has 0 aromatic heterocycles. The number of fused-ring (bicyclic) bond motifs is 1. The monoisotopic (exact) mass is 312 g/mol. The molecule has 2 aliphatic rings. The van der Waals surface area contributed by atoms with E-state index in [4.69, 9.17) is 9.47 Å². The van der Waals surface area contributed by atoms with Crippen molar-refractivity contribution >= 4 is 21.8 Å². The molecule has 18 heavy (non-hydrogen) atoms. The Morgan fingerprint density at radius 3 is 2.83 bits per heavy atom. The molecule has 0 radical (unpaired) electrons. The third-order valence-electron chi connectivity index (χ3n) is 3.08. The van der Waals surface area contributed by atoms with E-state index in [-0.39, 0.29) is 12.7 Å². The number of carbonyl (C=O) groups excluding carboxylic acids is 1. The molecule has 3 rings (SSSR count). The Hall–Kier alpha value is -1.27. The Balaban J connectivity index is 1.87. The van der Waals surface area contributed by atoms with E-state index in [1.165, 1.54) is 0 Å². The fraction of sp³-hybridized carbons (Fsp3) is 0.417. The zero-order chi connectivity index (χ0) is 12.5. The molecule has 1 fully saturated rings. The molecule has 1 amide bonds. The van der Waals surface area contributed by atoms with Crippen molar-refractivity contribution in [2.75, 3.05) is 33.0 Å². The summed E-state index contributed by atoms with van der Waals surface area (Å²) in [7, 11) is 0. The third-order valence-corrected chi connectivity index (χ3v) is 3.67. The molecule has 0 unspecified atom stereocenters. The maximum absolute atomic E-state index is 12.3. The van der Waals surface area contributed by atoms with Gasteiger partial charge >= 0.3 is 0 Å².